The van der Waals surface area contributed by atoms with E-state index in [1.807, 2.05) is 12.1 Å². The Balaban J connectivity index is 2.27. The molecule has 6 nitrogen and oxygen atoms in total. The van der Waals surface area contributed by atoms with Crippen molar-refractivity contribution in [3.63, 3.8) is 0 Å². The van der Waals surface area contributed by atoms with Crippen LogP contribution >= 0.6 is 0 Å². The van der Waals surface area contributed by atoms with Crippen LogP contribution in [0.2, 0.25) is 0 Å². The number of carbonyl (C=O) groups excluding carboxylic acids is 2. The summed E-state index contributed by atoms with van der Waals surface area (Å²) in [6, 6.07) is 6.46. The van der Waals surface area contributed by atoms with Gasteiger partial charge in [0.1, 0.15) is 5.75 Å². The molecule has 0 heterocycles. The van der Waals surface area contributed by atoms with Crippen LogP contribution in [0.4, 0.5) is 5.69 Å². The average Bonchev–Trinajstić information content (AvgIpc) is 2.66. The number of nitrogens with one attached hydrogen (secondary N) is 1. The molecule has 1 aromatic rings. The van der Waals surface area contributed by atoms with Gasteiger partial charge in [-0.1, -0.05) is 39.0 Å². The third-order valence-corrected chi connectivity index (χ3v) is 4.11. The third kappa shape index (κ3) is 9.42. The van der Waals surface area contributed by atoms with Gasteiger partial charge in [0.25, 0.3) is 0 Å². The molecule has 146 valence electrons. The Labute approximate surface area is 156 Å². The number of amides is 1. The molecule has 1 amide bonds. The fourth-order valence-corrected chi connectivity index (χ4v) is 2.45. The van der Waals surface area contributed by atoms with Crippen LogP contribution in [0.3, 0.4) is 0 Å². The van der Waals surface area contributed by atoms with E-state index in [2.05, 4.69) is 17.0 Å². The predicted molar refractivity (Wildman–Crippen MR) is 103 cm³/mol. The van der Waals surface area contributed by atoms with Crippen molar-refractivity contribution in [1.82, 2.24) is 0 Å². The number of unbranched alkanes of at least 4 members (excludes halogenated alkanes) is 5. The Bertz CT molecular complexity index is 531. The lowest BCUT2D eigenvalue weighted by Crippen LogP contribution is -2.36. The summed E-state index contributed by atoms with van der Waals surface area (Å²) in [6.07, 6.45) is 7.74. The Hall–Kier alpha value is -2.08. The SMILES string of the molecule is CCCCCCCCOc1ccc(NC(=O)C(N)CCC(=O)OC)cc1. The monoisotopic (exact) mass is 364 g/mol. The maximum Gasteiger partial charge on any atom is 0.305 e. The van der Waals surface area contributed by atoms with Gasteiger partial charge in [0.05, 0.1) is 19.8 Å². The van der Waals surface area contributed by atoms with Crippen LogP contribution in [-0.4, -0.2) is 31.6 Å². The van der Waals surface area contributed by atoms with E-state index in [0.29, 0.717) is 12.3 Å². The molecule has 0 spiro atoms. The molecule has 0 saturated carbocycles. The lowest BCUT2D eigenvalue weighted by Gasteiger charge is -2.12. The molecule has 1 atom stereocenters. The Morgan fingerprint density at radius 3 is 2.38 bits per heavy atom. The minimum atomic E-state index is -0.752. The summed E-state index contributed by atoms with van der Waals surface area (Å²) in [7, 11) is 1.31. The van der Waals surface area contributed by atoms with Crippen LogP contribution in [0.5, 0.6) is 5.75 Å². The first-order chi connectivity index (χ1) is 12.6. The molecule has 0 aliphatic heterocycles. The summed E-state index contributed by atoms with van der Waals surface area (Å²) in [5.41, 5.74) is 6.43. The first-order valence-electron chi connectivity index (χ1n) is 9.43. The Kier molecular flexibility index (Phi) is 11.1. The lowest BCUT2D eigenvalue weighted by atomic mass is 10.1. The predicted octanol–water partition coefficient (Wildman–Crippen LogP) is 3.64. The molecule has 0 aliphatic carbocycles. The Morgan fingerprint density at radius 2 is 1.73 bits per heavy atom. The largest absolute Gasteiger partial charge is 0.494 e. The van der Waals surface area contributed by atoms with Gasteiger partial charge >= 0.3 is 5.97 Å². The second-order valence-electron chi connectivity index (χ2n) is 6.35. The molecule has 26 heavy (non-hydrogen) atoms. The van der Waals surface area contributed by atoms with Gasteiger partial charge in [-0.05, 0) is 37.1 Å². The smallest absolute Gasteiger partial charge is 0.305 e. The summed E-state index contributed by atoms with van der Waals surface area (Å²) >= 11 is 0. The van der Waals surface area contributed by atoms with E-state index in [4.69, 9.17) is 10.5 Å². The van der Waals surface area contributed by atoms with Gasteiger partial charge in [0, 0.05) is 12.1 Å². The highest BCUT2D eigenvalue weighted by atomic mass is 16.5. The van der Waals surface area contributed by atoms with E-state index in [1.54, 1.807) is 12.1 Å². The number of carbonyl (C=O) groups is 2. The zero-order valence-electron chi connectivity index (χ0n) is 16.0. The van der Waals surface area contributed by atoms with Crippen molar-refractivity contribution in [3.8, 4) is 5.75 Å². The summed E-state index contributed by atoms with van der Waals surface area (Å²) in [5, 5.41) is 2.73. The molecular weight excluding hydrogens is 332 g/mol. The van der Waals surface area contributed by atoms with Crippen LogP contribution in [0, 0.1) is 0 Å². The molecular formula is C20H32N2O4. The zero-order valence-corrected chi connectivity index (χ0v) is 16.0. The molecule has 3 N–H and O–H groups in total. The van der Waals surface area contributed by atoms with E-state index in [1.165, 1.54) is 39.2 Å². The van der Waals surface area contributed by atoms with Gasteiger partial charge < -0.3 is 20.5 Å². The van der Waals surface area contributed by atoms with Gasteiger partial charge in [0.2, 0.25) is 5.91 Å². The highest BCUT2D eigenvalue weighted by Crippen LogP contribution is 2.17. The number of ether oxygens (including phenoxy) is 2. The number of benzene rings is 1. The van der Waals surface area contributed by atoms with E-state index >= 15 is 0 Å². The normalized spacial score (nSPS) is 11.7. The fourth-order valence-electron chi connectivity index (χ4n) is 2.45. The lowest BCUT2D eigenvalue weighted by molar-refractivity contribution is -0.140. The van der Waals surface area contributed by atoms with Crippen molar-refractivity contribution in [2.24, 2.45) is 5.73 Å². The van der Waals surface area contributed by atoms with Crippen molar-refractivity contribution in [2.75, 3.05) is 19.0 Å². The molecule has 0 aromatic heterocycles. The van der Waals surface area contributed by atoms with Crippen LogP contribution < -0.4 is 15.8 Å². The van der Waals surface area contributed by atoms with Gasteiger partial charge in [0.15, 0.2) is 0 Å². The molecule has 1 aromatic carbocycles. The minimum Gasteiger partial charge on any atom is -0.494 e. The average molecular weight is 364 g/mol. The van der Waals surface area contributed by atoms with E-state index in [9.17, 15) is 9.59 Å². The van der Waals surface area contributed by atoms with Crippen molar-refractivity contribution >= 4 is 17.6 Å². The van der Waals surface area contributed by atoms with Crippen LogP contribution in [0.1, 0.15) is 58.3 Å². The summed E-state index contributed by atoms with van der Waals surface area (Å²) in [4.78, 5) is 23.1. The molecule has 1 unspecified atom stereocenters. The highest BCUT2D eigenvalue weighted by molar-refractivity contribution is 5.94. The first kappa shape index (κ1) is 22.0. The molecule has 1 rings (SSSR count). The summed E-state index contributed by atoms with van der Waals surface area (Å²) in [6.45, 7) is 2.92. The highest BCUT2D eigenvalue weighted by Gasteiger charge is 2.15. The van der Waals surface area contributed by atoms with E-state index < -0.39 is 6.04 Å². The topological polar surface area (TPSA) is 90.6 Å². The van der Waals surface area contributed by atoms with Gasteiger partial charge in [-0.25, -0.2) is 0 Å². The molecule has 0 aliphatic rings. The van der Waals surface area contributed by atoms with Crippen molar-refractivity contribution < 1.29 is 19.1 Å². The van der Waals surface area contributed by atoms with Crippen LogP contribution in [0.15, 0.2) is 24.3 Å². The van der Waals surface area contributed by atoms with Gasteiger partial charge in [-0.3, -0.25) is 9.59 Å². The second kappa shape index (κ2) is 13.2. The van der Waals surface area contributed by atoms with Crippen molar-refractivity contribution in [1.29, 1.82) is 0 Å². The van der Waals surface area contributed by atoms with Gasteiger partial charge in [-0.15, -0.1) is 0 Å². The number of hydrogen-bond donors (Lipinski definition) is 2. The molecule has 6 heteroatoms. The van der Waals surface area contributed by atoms with E-state index in [0.717, 1.165) is 12.2 Å². The minimum absolute atomic E-state index is 0.121. The quantitative estimate of drug-likeness (QED) is 0.412. The summed E-state index contributed by atoms with van der Waals surface area (Å²) in [5.74, 6) is 0.0845. The standard InChI is InChI=1S/C20H32N2O4/c1-3-4-5-6-7-8-15-26-17-11-9-16(10-12-17)22-20(24)18(21)13-14-19(23)25-2/h9-12,18H,3-8,13-15,21H2,1-2H3,(H,22,24). The number of rotatable bonds is 13. The van der Waals surface area contributed by atoms with Crippen molar-refractivity contribution in [3.05, 3.63) is 24.3 Å². The number of nitrogens with two attached hydrogens (primary N) is 1. The molecule has 0 radical (unpaired) electrons. The number of anilines is 1. The first-order valence-corrected chi connectivity index (χ1v) is 9.43. The molecule has 0 bridgehead atoms. The van der Waals surface area contributed by atoms with Crippen LogP contribution in [-0.2, 0) is 14.3 Å². The van der Waals surface area contributed by atoms with Gasteiger partial charge in [-0.2, -0.15) is 0 Å². The second-order valence-corrected chi connectivity index (χ2v) is 6.35. The van der Waals surface area contributed by atoms with E-state index in [-0.39, 0.29) is 24.7 Å². The number of methoxy groups -OCH3 is 1. The summed E-state index contributed by atoms with van der Waals surface area (Å²) < 4.78 is 10.2. The maximum atomic E-state index is 12.0. The third-order valence-electron chi connectivity index (χ3n) is 4.11. The zero-order chi connectivity index (χ0) is 19.2. The fraction of sp³-hybridized carbons (Fsp3) is 0.600. The maximum absolute atomic E-state index is 12.0. The van der Waals surface area contributed by atoms with Crippen molar-refractivity contribution in [2.45, 2.75) is 64.3 Å². The molecule has 0 fully saturated rings. The number of hydrogen-bond acceptors (Lipinski definition) is 5. The Morgan fingerprint density at radius 1 is 1.08 bits per heavy atom. The molecule has 0 saturated heterocycles. The van der Waals surface area contributed by atoms with Crippen LogP contribution in [0.25, 0.3) is 0 Å². The number of esters is 1.